The maximum absolute atomic E-state index is 13.0. The number of nitrogens with two attached hydrogens (primary N) is 1. The molecular weight excluding hydrogens is 1140 g/mol. The molecule has 0 saturated carbocycles. The second-order valence-corrected chi connectivity index (χ2v) is 25.5. The number of anilines is 2. The SMILES string of the molecule is C=CC(=O)N1C[C@@H](CN(C)C)[C@H](Nc2nnc(-c3ccc(C(F)(F)F)cc3)c3ccccc23)C1.CN(C)C[C@@H]1CN(C(=O)OC(C)(C)C)C[C@H]1N.CN(C)C[C@@H]1CN(C(=O)OC(C)(C)C)C[C@H]1Nc1nnc(-c2ccc(C(F)(F)F)cc2)c2ccccc12. The largest absolute Gasteiger partial charge is 0.444 e. The van der Waals surface area contributed by atoms with Crippen LogP contribution in [0.5, 0.6) is 0 Å². The summed E-state index contributed by atoms with van der Waals surface area (Å²) in [5.41, 5.74) is 5.70. The third-order valence-corrected chi connectivity index (χ3v) is 15.0. The number of likely N-dealkylation sites (tertiary alicyclic amines) is 3. The van der Waals surface area contributed by atoms with Crippen molar-refractivity contribution in [1.29, 1.82) is 0 Å². The van der Waals surface area contributed by atoms with Crippen LogP contribution in [0.3, 0.4) is 0 Å². The first-order valence-electron chi connectivity index (χ1n) is 29.1. The zero-order valence-electron chi connectivity index (χ0n) is 52.2. The minimum atomic E-state index is -4.41. The van der Waals surface area contributed by atoms with Crippen molar-refractivity contribution in [2.75, 3.05) is 112 Å². The number of halogens is 6. The van der Waals surface area contributed by atoms with Crippen molar-refractivity contribution in [3.63, 3.8) is 0 Å². The van der Waals surface area contributed by atoms with Crippen molar-refractivity contribution in [2.45, 2.75) is 83.2 Å². The molecule has 3 aliphatic rings. The van der Waals surface area contributed by atoms with E-state index in [-0.39, 0.29) is 48.1 Å². The molecule has 3 saturated heterocycles. The quantitative estimate of drug-likeness (QED) is 0.0731. The lowest BCUT2D eigenvalue weighted by atomic mass is 10.0. The first-order chi connectivity index (χ1) is 41.2. The first-order valence-corrected chi connectivity index (χ1v) is 29.1. The Bertz CT molecular complexity index is 3350. The Hall–Kier alpha value is -7.67. The van der Waals surface area contributed by atoms with Gasteiger partial charge in [-0.2, -0.15) is 26.3 Å². The molecule has 24 heteroatoms. The monoisotopic (exact) mass is 1230 g/mol. The Labute approximate surface area is 511 Å². The number of benzene rings is 4. The first kappa shape index (κ1) is 67.8. The van der Waals surface area contributed by atoms with Crippen molar-refractivity contribution in [2.24, 2.45) is 23.5 Å². The number of rotatable bonds is 13. The van der Waals surface area contributed by atoms with Gasteiger partial charge in [0.1, 0.15) is 22.6 Å². The molecule has 3 aliphatic heterocycles. The Morgan fingerprint density at radius 2 is 0.864 bits per heavy atom. The van der Waals surface area contributed by atoms with Gasteiger partial charge in [-0.1, -0.05) is 79.4 Å². The molecule has 0 aliphatic carbocycles. The van der Waals surface area contributed by atoms with Gasteiger partial charge in [0.25, 0.3) is 0 Å². The number of nitrogens with zero attached hydrogens (tertiary/aromatic N) is 10. The molecule has 88 heavy (non-hydrogen) atoms. The average Bonchev–Trinajstić information content (AvgIpc) is 1.60. The Morgan fingerprint density at radius 3 is 1.23 bits per heavy atom. The Kier molecular flexibility index (Phi) is 21.8. The maximum atomic E-state index is 13.0. The van der Waals surface area contributed by atoms with Gasteiger partial charge in [-0.25, -0.2) is 9.59 Å². The third kappa shape index (κ3) is 18.2. The molecular formula is C64H83F6N13O5. The van der Waals surface area contributed by atoms with E-state index in [2.05, 4.69) is 52.3 Å². The van der Waals surface area contributed by atoms with Crippen LogP contribution in [0.15, 0.2) is 110 Å². The molecule has 0 unspecified atom stereocenters. The summed E-state index contributed by atoms with van der Waals surface area (Å²) in [6.07, 6.45) is -8.09. The topological polar surface area (TPSA) is 191 Å². The number of hydrogen-bond donors (Lipinski definition) is 3. The average molecular weight is 1230 g/mol. The number of carbonyl (C=O) groups excluding carboxylic acids is 3. The van der Waals surface area contributed by atoms with Gasteiger partial charge >= 0.3 is 24.5 Å². The number of fused-ring (bicyclic) bond motifs is 2. The molecule has 3 fully saturated rings. The minimum Gasteiger partial charge on any atom is -0.444 e. The summed E-state index contributed by atoms with van der Waals surface area (Å²) in [5, 5.41) is 27.7. The van der Waals surface area contributed by atoms with Crippen LogP contribution in [-0.2, 0) is 26.6 Å². The normalized spacial score (nSPS) is 19.8. The van der Waals surface area contributed by atoms with Crippen molar-refractivity contribution in [3.05, 3.63) is 121 Å². The smallest absolute Gasteiger partial charge is 0.416 e. The summed E-state index contributed by atoms with van der Waals surface area (Å²) >= 11 is 0. The highest BCUT2D eigenvalue weighted by Crippen LogP contribution is 2.37. The van der Waals surface area contributed by atoms with E-state index in [1.54, 1.807) is 14.7 Å². The number of alkyl halides is 6. The number of amides is 3. The maximum Gasteiger partial charge on any atom is 0.416 e. The molecule has 4 aromatic carbocycles. The van der Waals surface area contributed by atoms with E-state index in [1.807, 2.05) is 132 Å². The standard InChI is InChI=1S/C27H32F3N5O2.C25H26F3N5O.C12H25N3O2/c1-26(2,3)37-25(36)35-15-18(14-34(4)5)22(16-35)31-24-21-9-7-6-8-20(21)23(32-33-24)17-10-12-19(13-11-17)27(28,29)30;1-4-22(34)33-14-17(13-32(2)3)21(15-33)29-24-20-8-6-5-7-19(20)23(30-31-24)16-9-11-18(12-10-16)25(26,27)28;1-12(2,3)17-11(16)15-7-9(6-14(4)5)10(13)8-15/h6-13,18,22H,14-16H2,1-5H3,(H,31,33);4-12,17,21H,1,13-15H2,2-3H3,(H,29,31);9-10H,6-8,13H2,1-5H3/t18-,22-;17-,21-;9-,10-/m111/s1. The van der Waals surface area contributed by atoms with E-state index in [0.717, 1.165) is 65.4 Å². The lowest BCUT2D eigenvalue weighted by molar-refractivity contribution is -0.138. The van der Waals surface area contributed by atoms with Crippen molar-refractivity contribution in [1.82, 2.24) is 49.8 Å². The van der Waals surface area contributed by atoms with Gasteiger partial charge in [0.05, 0.1) is 23.2 Å². The number of hydrogen-bond acceptors (Lipinski definition) is 15. The molecule has 3 amide bonds. The minimum absolute atomic E-state index is 0.0408. The molecule has 6 atom stereocenters. The molecule has 4 N–H and O–H groups in total. The fourth-order valence-electron chi connectivity index (χ4n) is 11.0. The van der Waals surface area contributed by atoms with E-state index < -0.39 is 34.7 Å². The second kappa shape index (κ2) is 28.2. The second-order valence-electron chi connectivity index (χ2n) is 25.5. The Balaban J connectivity index is 0.000000201. The van der Waals surface area contributed by atoms with Crippen LogP contribution in [0.1, 0.15) is 52.7 Å². The number of aromatic nitrogens is 4. The van der Waals surface area contributed by atoms with E-state index in [4.69, 9.17) is 15.2 Å². The van der Waals surface area contributed by atoms with Gasteiger partial charge < -0.3 is 55.2 Å². The summed E-state index contributed by atoms with van der Waals surface area (Å²) < 4.78 is 88.9. The van der Waals surface area contributed by atoms with Gasteiger partial charge in [-0.3, -0.25) is 4.79 Å². The van der Waals surface area contributed by atoms with Gasteiger partial charge in [-0.05, 0) is 114 Å². The summed E-state index contributed by atoms with van der Waals surface area (Å²) in [4.78, 5) is 48.3. The molecule has 0 spiro atoms. The molecule has 0 radical (unpaired) electrons. The number of carbonyl (C=O) groups is 3. The predicted molar refractivity (Wildman–Crippen MR) is 331 cm³/mol. The van der Waals surface area contributed by atoms with Crippen LogP contribution in [0.25, 0.3) is 44.1 Å². The number of ether oxygens (including phenoxy) is 2. The van der Waals surface area contributed by atoms with Crippen LogP contribution >= 0.6 is 0 Å². The summed E-state index contributed by atoms with van der Waals surface area (Å²) in [5.74, 6) is 1.66. The van der Waals surface area contributed by atoms with E-state index in [9.17, 15) is 40.7 Å². The summed E-state index contributed by atoms with van der Waals surface area (Å²) in [7, 11) is 12.0. The van der Waals surface area contributed by atoms with Crippen molar-refractivity contribution < 1.29 is 50.2 Å². The summed E-state index contributed by atoms with van der Waals surface area (Å²) in [6.45, 7) is 20.6. The van der Waals surface area contributed by atoms with Crippen LogP contribution in [0.2, 0.25) is 0 Å². The molecule has 2 aromatic heterocycles. The van der Waals surface area contributed by atoms with Crippen LogP contribution in [0.4, 0.5) is 47.6 Å². The van der Waals surface area contributed by atoms with Crippen LogP contribution < -0.4 is 16.4 Å². The van der Waals surface area contributed by atoms with Gasteiger partial charge in [-0.15, -0.1) is 20.4 Å². The lowest BCUT2D eigenvalue weighted by Gasteiger charge is -2.24. The Morgan fingerprint density at radius 1 is 0.523 bits per heavy atom. The van der Waals surface area contributed by atoms with Crippen molar-refractivity contribution >= 4 is 51.3 Å². The molecule has 6 aromatic rings. The molecule has 18 nitrogen and oxygen atoms in total. The van der Waals surface area contributed by atoms with Gasteiger partial charge in [0, 0.05) is 115 Å². The fourth-order valence-corrected chi connectivity index (χ4v) is 11.0. The van der Waals surface area contributed by atoms with Gasteiger partial charge in [0.15, 0.2) is 11.6 Å². The van der Waals surface area contributed by atoms with Gasteiger partial charge in [0.2, 0.25) is 5.91 Å². The van der Waals surface area contributed by atoms with E-state index in [0.29, 0.717) is 79.3 Å². The highest BCUT2D eigenvalue weighted by Gasteiger charge is 2.40. The zero-order valence-corrected chi connectivity index (χ0v) is 52.2. The zero-order chi connectivity index (χ0) is 64.6. The highest BCUT2D eigenvalue weighted by atomic mass is 19.4. The van der Waals surface area contributed by atoms with Crippen LogP contribution in [0, 0.1) is 17.8 Å². The molecule has 476 valence electrons. The molecule has 9 rings (SSSR count). The highest BCUT2D eigenvalue weighted by molar-refractivity contribution is 6.01. The summed E-state index contributed by atoms with van der Waals surface area (Å²) in [6, 6.07) is 24.8. The van der Waals surface area contributed by atoms with Crippen molar-refractivity contribution in [3.8, 4) is 22.5 Å². The van der Waals surface area contributed by atoms with Crippen LogP contribution in [-0.4, -0.2) is 198 Å². The van der Waals surface area contributed by atoms with E-state index >= 15 is 0 Å². The lowest BCUT2D eigenvalue weighted by Crippen LogP contribution is -2.36. The number of nitrogens with one attached hydrogen (secondary N) is 2. The predicted octanol–water partition coefficient (Wildman–Crippen LogP) is 10.6. The third-order valence-electron chi connectivity index (χ3n) is 15.0. The molecule has 0 bridgehead atoms. The molecule has 5 heterocycles. The van der Waals surface area contributed by atoms with E-state index in [1.165, 1.54) is 30.3 Å². The fraction of sp³-hybridized carbons (Fsp3) is 0.484.